The first-order valence-electron chi connectivity index (χ1n) is 9.60. The van der Waals surface area contributed by atoms with E-state index in [1.54, 1.807) is 20.8 Å². The third-order valence-electron chi connectivity index (χ3n) is 4.64. The van der Waals surface area contributed by atoms with Crippen LogP contribution in [0.1, 0.15) is 46.5 Å². The molecule has 0 aromatic heterocycles. The van der Waals surface area contributed by atoms with Gasteiger partial charge in [-0.1, -0.05) is 0 Å². The second kappa shape index (κ2) is 12.3. The minimum absolute atomic E-state index is 0. The largest absolute Gasteiger partial charge is 0.468 e. The first kappa shape index (κ1) is 28.4. The molecule has 0 atom stereocenters. The molecule has 3 N–H and O–H groups in total. The number of esters is 2. The molecule has 2 aliphatic heterocycles. The van der Waals surface area contributed by atoms with Crippen LogP contribution in [0.3, 0.4) is 0 Å². The summed E-state index contributed by atoms with van der Waals surface area (Å²) in [6, 6.07) is 0. The van der Waals surface area contributed by atoms with Crippen LogP contribution in [-0.4, -0.2) is 75.4 Å². The highest BCUT2D eigenvalue weighted by Gasteiger charge is 2.43. The zero-order valence-corrected chi connectivity index (χ0v) is 19.2. The van der Waals surface area contributed by atoms with Crippen molar-refractivity contribution in [3.8, 4) is 0 Å². The fraction of sp³-hybridized carbons (Fsp3) is 0.842. The molecule has 2 saturated heterocycles. The first-order valence-corrected chi connectivity index (χ1v) is 9.60. The Morgan fingerprint density at radius 2 is 1.30 bits per heavy atom. The van der Waals surface area contributed by atoms with Crippen molar-refractivity contribution < 1.29 is 38.1 Å². The summed E-state index contributed by atoms with van der Waals surface area (Å²) < 4.78 is 24.8. The molecule has 0 bridgehead atoms. The number of rotatable bonds is 3. The highest BCUT2D eigenvalue weighted by molar-refractivity contribution is 5.86. The fourth-order valence-electron chi connectivity index (χ4n) is 2.94. The Bertz CT molecular complexity index is 567. The summed E-state index contributed by atoms with van der Waals surface area (Å²) in [5.41, 5.74) is 3.32. The van der Waals surface area contributed by atoms with Gasteiger partial charge in [0.15, 0.2) is 0 Å². The Kier molecular flexibility index (Phi) is 11.6. The van der Waals surface area contributed by atoms with Crippen molar-refractivity contribution in [2.75, 3.05) is 40.6 Å². The van der Waals surface area contributed by atoms with Crippen molar-refractivity contribution in [1.82, 2.24) is 5.32 Å². The average molecular weight is 455 g/mol. The summed E-state index contributed by atoms with van der Waals surface area (Å²) in [6.45, 7) is 7.21. The maximum Gasteiger partial charge on any atom is 0.408 e. The third-order valence-corrected chi connectivity index (χ3v) is 4.64. The van der Waals surface area contributed by atoms with E-state index >= 15 is 0 Å². The molecule has 176 valence electrons. The van der Waals surface area contributed by atoms with E-state index in [9.17, 15) is 14.4 Å². The molecule has 0 radical (unpaired) electrons. The van der Waals surface area contributed by atoms with Crippen LogP contribution in [-0.2, 0) is 33.3 Å². The maximum absolute atomic E-state index is 11.8. The minimum Gasteiger partial charge on any atom is -0.468 e. The predicted octanol–water partition coefficient (Wildman–Crippen LogP) is 1.32. The molecule has 0 aromatic carbocycles. The van der Waals surface area contributed by atoms with Gasteiger partial charge in [0.25, 0.3) is 0 Å². The predicted molar refractivity (Wildman–Crippen MR) is 110 cm³/mol. The van der Waals surface area contributed by atoms with E-state index < -0.39 is 28.7 Å². The molecule has 0 unspecified atom stereocenters. The van der Waals surface area contributed by atoms with Crippen LogP contribution in [0.4, 0.5) is 4.79 Å². The number of nitrogens with one attached hydrogen (secondary N) is 1. The van der Waals surface area contributed by atoms with Crippen LogP contribution < -0.4 is 11.1 Å². The van der Waals surface area contributed by atoms with Crippen LogP contribution in [0.25, 0.3) is 0 Å². The number of ether oxygens (including phenoxy) is 5. The van der Waals surface area contributed by atoms with Crippen molar-refractivity contribution in [3.63, 3.8) is 0 Å². The highest BCUT2D eigenvalue weighted by atomic mass is 35.5. The van der Waals surface area contributed by atoms with Gasteiger partial charge in [-0.3, -0.25) is 4.79 Å². The summed E-state index contributed by atoms with van der Waals surface area (Å²) in [5.74, 6) is -0.794. The van der Waals surface area contributed by atoms with Gasteiger partial charge in [-0.2, -0.15) is 0 Å². The Balaban J connectivity index is 0.000000603. The van der Waals surface area contributed by atoms with Crippen molar-refractivity contribution in [2.24, 2.45) is 5.73 Å². The summed E-state index contributed by atoms with van der Waals surface area (Å²) in [7, 11) is 2.66. The standard InChI is InChI=1S/C12H21NO5.C7H13NO3.ClH/c1-11(2,3)18-10(15)13-12(9(14)16-4)5-7-17-8-6-12;1-10-6(9)7(8)2-4-11-5-3-7;/h5-8H2,1-4H3,(H,13,15);2-5,8H2,1H3;1H. The van der Waals surface area contributed by atoms with E-state index in [-0.39, 0.29) is 18.4 Å². The molecule has 0 aliphatic carbocycles. The number of methoxy groups -OCH3 is 2. The average Bonchev–Trinajstić information content (AvgIpc) is 2.66. The normalized spacial score (nSPS) is 19.7. The molecular formula is C19H35ClN2O8. The number of hydrogen-bond donors (Lipinski definition) is 2. The van der Waals surface area contributed by atoms with Crippen molar-refractivity contribution in [2.45, 2.75) is 63.1 Å². The van der Waals surface area contributed by atoms with Crippen LogP contribution in [0.2, 0.25) is 0 Å². The van der Waals surface area contributed by atoms with Gasteiger partial charge in [0.1, 0.15) is 16.7 Å². The van der Waals surface area contributed by atoms with E-state index in [0.29, 0.717) is 52.1 Å². The molecule has 1 amide bonds. The van der Waals surface area contributed by atoms with Gasteiger partial charge in [-0.25, -0.2) is 9.59 Å². The molecule has 2 aliphatic rings. The van der Waals surface area contributed by atoms with E-state index in [2.05, 4.69) is 10.1 Å². The van der Waals surface area contributed by atoms with Crippen LogP contribution in [0, 0.1) is 0 Å². The molecule has 2 heterocycles. The van der Waals surface area contributed by atoms with Gasteiger partial charge in [0.2, 0.25) is 0 Å². The van der Waals surface area contributed by atoms with Gasteiger partial charge in [-0.05, 0) is 33.6 Å². The van der Waals surface area contributed by atoms with Crippen LogP contribution >= 0.6 is 12.4 Å². The smallest absolute Gasteiger partial charge is 0.408 e. The van der Waals surface area contributed by atoms with Crippen LogP contribution in [0.15, 0.2) is 0 Å². The molecule has 30 heavy (non-hydrogen) atoms. The van der Waals surface area contributed by atoms with Gasteiger partial charge < -0.3 is 34.7 Å². The molecule has 2 fully saturated rings. The first-order chi connectivity index (χ1) is 13.5. The Labute approximate surface area is 183 Å². The summed E-state index contributed by atoms with van der Waals surface area (Å²) >= 11 is 0. The Morgan fingerprint density at radius 3 is 1.70 bits per heavy atom. The van der Waals surface area contributed by atoms with E-state index in [1.165, 1.54) is 14.2 Å². The number of carbonyl (C=O) groups is 3. The number of carbonyl (C=O) groups excluding carboxylic acids is 3. The topological polar surface area (TPSA) is 135 Å². The molecule has 0 saturated carbocycles. The van der Waals surface area contributed by atoms with Gasteiger partial charge in [-0.15, -0.1) is 12.4 Å². The number of hydrogen-bond acceptors (Lipinski definition) is 9. The fourth-order valence-corrected chi connectivity index (χ4v) is 2.94. The number of halogens is 1. The van der Waals surface area contributed by atoms with Crippen LogP contribution in [0.5, 0.6) is 0 Å². The number of alkyl carbamates (subject to hydrolysis) is 1. The van der Waals surface area contributed by atoms with Gasteiger partial charge in [0, 0.05) is 39.3 Å². The second-order valence-corrected chi connectivity index (χ2v) is 8.07. The maximum atomic E-state index is 11.8. The van der Waals surface area contributed by atoms with E-state index in [0.717, 1.165) is 0 Å². The minimum atomic E-state index is -1.03. The lowest BCUT2D eigenvalue weighted by Crippen LogP contribution is -2.58. The molecule has 2 rings (SSSR count). The molecule has 0 spiro atoms. The highest BCUT2D eigenvalue weighted by Crippen LogP contribution is 2.23. The van der Waals surface area contributed by atoms with Gasteiger partial charge in [0.05, 0.1) is 14.2 Å². The van der Waals surface area contributed by atoms with Crippen molar-refractivity contribution in [3.05, 3.63) is 0 Å². The quantitative estimate of drug-likeness (QED) is 0.477. The van der Waals surface area contributed by atoms with Gasteiger partial charge >= 0.3 is 18.0 Å². The van der Waals surface area contributed by atoms with E-state index in [4.69, 9.17) is 24.7 Å². The SMILES string of the molecule is COC(=O)C1(N)CCOCC1.COC(=O)C1(NC(=O)OC(C)(C)C)CCOCC1.Cl. The van der Waals surface area contributed by atoms with Crippen molar-refractivity contribution >= 4 is 30.4 Å². The third kappa shape index (κ3) is 8.63. The van der Waals surface area contributed by atoms with Crippen molar-refractivity contribution in [1.29, 1.82) is 0 Å². The molecule has 11 heteroatoms. The Hall–Kier alpha value is -1.62. The summed E-state index contributed by atoms with van der Waals surface area (Å²) in [5, 5.41) is 2.62. The summed E-state index contributed by atoms with van der Waals surface area (Å²) in [4.78, 5) is 34.7. The molecular weight excluding hydrogens is 420 g/mol. The van der Waals surface area contributed by atoms with E-state index in [1.807, 2.05) is 0 Å². The second-order valence-electron chi connectivity index (χ2n) is 8.07. The number of nitrogens with two attached hydrogens (primary N) is 1. The molecule has 0 aromatic rings. The lowest BCUT2D eigenvalue weighted by Gasteiger charge is -2.35. The monoisotopic (exact) mass is 454 g/mol. The lowest BCUT2D eigenvalue weighted by molar-refractivity contribution is -0.153. The zero-order valence-electron chi connectivity index (χ0n) is 18.4. The lowest BCUT2D eigenvalue weighted by atomic mass is 9.90. The summed E-state index contributed by atoms with van der Waals surface area (Å²) in [6.07, 6.45) is 1.27. The zero-order chi connectivity index (χ0) is 22.1. The Morgan fingerprint density at radius 1 is 0.867 bits per heavy atom. The number of amides is 1. The molecule has 10 nitrogen and oxygen atoms in total.